The van der Waals surface area contributed by atoms with Crippen molar-refractivity contribution in [1.29, 1.82) is 0 Å². The van der Waals surface area contributed by atoms with Crippen LogP contribution in [0.1, 0.15) is 152 Å². The van der Waals surface area contributed by atoms with Crippen LogP contribution in [0.5, 0.6) is 0 Å². The molecule has 0 unspecified atom stereocenters. The predicted octanol–water partition coefficient (Wildman–Crippen LogP) is 10.9. The number of aliphatic imine (C=N–C) groups is 4. The third-order valence-electron chi connectivity index (χ3n) is 7.02. The van der Waals surface area contributed by atoms with Gasteiger partial charge in [0.25, 0.3) is 0 Å². The summed E-state index contributed by atoms with van der Waals surface area (Å²) >= 11 is 0. The topological polar surface area (TPSA) is 66.5 Å². The molecule has 0 aliphatic carbocycles. The molecule has 0 saturated heterocycles. The first-order valence-electron chi connectivity index (χ1n) is 13.9. The maximum absolute atomic E-state index is 11.4. The number of nitrogens with zero attached hydrogens (tertiary/aromatic N) is 4. The van der Waals surface area contributed by atoms with E-state index in [-0.39, 0.29) is 29.6 Å². The lowest BCUT2D eigenvalue weighted by Gasteiger charge is -2.23. The predicted molar refractivity (Wildman–Crippen MR) is 164 cm³/mol. The quantitative estimate of drug-likeness (QED) is 0.230. The SMILES string of the molecule is C=Nc1c(C(C)C)cc(C(C)C)c(N=C=Nc2c(C(C)C)cc(C(C)C)c(N=C=O)c2C(C)C)c1C(C)C. The van der Waals surface area contributed by atoms with Crippen LogP contribution in [0.15, 0.2) is 32.1 Å². The van der Waals surface area contributed by atoms with Crippen LogP contribution < -0.4 is 0 Å². The van der Waals surface area contributed by atoms with Crippen molar-refractivity contribution < 1.29 is 4.79 Å². The van der Waals surface area contributed by atoms with Gasteiger partial charge in [-0.15, -0.1) is 0 Å². The molecule has 2 aromatic carbocycles. The molecule has 0 fully saturated rings. The van der Waals surface area contributed by atoms with Crippen molar-refractivity contribution in [2.45, 2.75) is 119 Å². The van der Waals surface area contributed by atoms with Crippen LogP contribution in [0.4, 0.5) is 22.7 Å². The third-order valence-corrected chi connectivity index (χ3v) is 7.02. The number of hydrogen-bond acceptors (Lipinski definition) is 5. The smallest absolute Gasteiger partial charge is 0.240 e. The average Bonchev–Trinajstić information content (AvgIpc) is 2.82. The summed E-state index contributed by atoms with van der Waals surface area (Å²) < 4.78 is 0. The van der Waals surface area contributed by atoms with Crippen molar-refractivity contribution in [3.8, 4) is 0 Å². The second-order valence-electron chi connectivity index (χ2n) is 11.9. The second-order valence-corrected chi connectivity index (χ2v) is 11.9. The molecular weight excluding hydrogens is 468 g/mol. The van der Waals surface area contributed by atoms with Gasteiger partial charge in [-0.2, -0.15) is 15.0 Å². The molecule has 0 N–H and O–H groups in total. The number of isocyanates is 1. The van der Waals surface area contributed by atoms with E-state index in [2.05, 4.69) is 118 Å². The van der Waals surface area contributed by atoms with Crippen molar-refractivity contribution in [1.82, 2.24) is 0 Å². The first-order valence-corrected chi connectivity index (χ1v) is 13.9. The number of carbonyl (C=O) groups excluding carboxylic acids is 1. The Bertz CT molecular complexity index is 1280. The standard InChI is InChI=1S/C33H46N4O/c1-18(2)24-14-25(19(3)4)31(28(22(9)10)30(24)34-13)35-16-36-32-26(20(5)6)15-27(21(7)8)33(37-17-38)29(32)23(11)12/h14-15,18-23H,13H2,1-12H3. The highest BCUT2D eigenvalue weighted by Crippen LogP contribution is 2.47. The van der Waals surface area contributed by atoms with Gasteiger partial charge in [0.15, 0.2) is 0 Å². The van der Waals surface area contributed by atoms with E-state index in [0.29, 0.717) is 11.6 Å². The third kappa shape index (κ3) is 6.46. The molecule has 0 heterocycles. The maximum Gasteiger partial charge on any atom is 0.240 e. The Hall–Kier alpha value is -3.13. The summed E-state index contributed by atoms with van der Waals surface area (Å²) in [6, 6.07) is 7.42. The molecule has 5 nitrogen and oxygen atoms in total. The minimum absolute atomic E-state index is 0.0955. The summed E-state index contributed by atoms with van der Waals surface area (Å²) in [4.78, 5) is 29.8. The highest BCUT2D eigenvalue weighted by Gasteiger charge is 2.24. The van der Waals surface area contributed by atoms with Gasteiger partial charge in [0.05, 0.1) is 22.7 Å². The Morgan fingerprint density at radius 3 is 1.13 bits per heavy atom. The van der Waals surface area contributed by atoms with E-state index in [9.17, 15) is 4.79 Å². The Morgan fingerprint density at radius 1 is 0.526 bits per heavy atom. The Balaban J connectivity index is 3.02. The molecule has 0 radical (unpaired) electrons. The first-order chi connectivity index (χ1) is 17.8. The lowest BCUT2D eigenvalue weighted by atomic mass is 9.85. The van der Waals surface area contributed by atoms with Crippen LogP contribution in [-0.4, -0.2) is 18.8 Å². The fraction of sp³-hybridized carbons (Fsp3) is 0.545. The van der Waals surface area contributed by atoms with Crippen molar-refractivity contribution >= 4 is 41.6 Å². The van der Waals surface area contributed by atoms with E-state index in [1.54, 1.807) is 6.08 Å². The molecule has 0 aliphatic heterocycles. The van der Waals surface area contributed by atoms with Gasteiger partial charge < -0.3 is 0 Å². The monoisotopic (exact) mass is 514 g/mol. The molecule has 0 aromatic heterocycles. The zero-order valence-corrected chi connectivity index (χ0v) is 25.5. The zero-order chi connectivity index (χ0) is 28.9. The van der Waals surface area contributed by atoms with Crippen molar-refractivity contribution in [3.63, 3.8) is 0 Å². The fourth-order valence-corrected chi connectivity index (χ4v) is 5.03. The van der Waals surface area contributed by atoms with Crippen LogP contribution in [0.25, 0.3) is 0 Å². The summed E-state index contributed by atoms with van der Waals surface area (Å²) in [6.07, 6.45) is 1.77. The molecular formula is C33H46N4O. The van der Waals surface area contributed by atoms with Gasteiger partial charge in [-0.1, -0.05) is 95.2 Å². The van der Waals surface area contributed by atoms with Gasteiger partial charge in [0, 0.05) is 11.1 Å². The minimum atomic E-state index is 0.0955. The van der Waals surface area contributed by atoms with E-state index >= 15 is 0 Å². The van der Waals surface area contributed by atoms with Gasteiger partial charge in [0.1, 0.15) is 6.01 Å². The van der Waals surface area contributed by atoms with Crippen LogP contribution in [-0.2, 0) is 4.79 Å². The molecule has 0 amide bonds. The van der Waals surface area contributed by atoms with E-state index in [0.717, 1.165) is 44.9 Å². The summed E-state index contributed by atoms with van der Waals surface area (Å²) in [6.45, 7) is 29.7. The maximum atomic E-state index is 11.4. The molecule has 5 heteroatoms. The molecule has 0 spiro atoms. The van der Waals surface area contributed by atoms with E-state index in [1.165, 1.54) is 5.56 Å². The minimum Gasteiger partial charge on any atom is -0.264 e. The van der Waals surface area contributed by atoms with Gasteiger partial charge in [0.2, 0.25) is 6.08 Å². The van der Waals surface area contributed by atoms with E-state index in [1.807, 2.05) is 0 Å². The summed E-state index contributed by atoms with van der Waals surface area (Å²) in [7, 11) is 0. The lowest BCUT2D eigenvalue weighted by Crippen LogP contribution is -2.02. The molecule has 0 aliphatic rings. The normalized spacial score (nSPS) is 11.5. The molecule has 2 aromatic rings. The highest BCUT2D eigenvalue weighted by atomic mass is 16.1. The molecule has 38 heavy (non-hydrogen) atoms. The number of hydrogen-bond donors (Lipinski definition) is 0. The van der Waals surface area contributed by atoms with E-state index < -0.39 is 0 Å². The van der Waals surface area contributed by atoms with Crippen LogP contribution in [0, 0.1) is 0 Å². The second kappa shape index (κ2) is 13.1. The van der Waals surface area contributed by atoms with Gasteiger partial charge in [-0.05, 0) is 64.5 Å². The van der Waals surface area contributed by atoms with Crippen molar-refractivity contribution in [2.75, 3.05) is 0 Å². The Labute approximate surface area is 230 Å². The first kappa shape index (κ1) is 31.1. The molecule has 204 valence electrons. The zero-order valence-electron chi connectivity index (χ0n) is 25.5. The molecule has 0 bridgehead atoms. The van der Waals surface area contributed by atoms with Gasteiger partial charge in [-0.3, -0.25) is 4.99 Å². The average molecular weight is 515 g/mol. The largest absolute Gasteiger partial charge is 0.264 e. The van der Waals surface area contributed by atoms with Crippen LogP contribution in [0.3, 0.4) is 0 Å². The van der Waals surface area contributed by atoms with Crippen molar-refractivity contribution in [2.24, 2.45) is 20.0 Å². The lowest BCUT2D eigenvalue weighted by molar-refractivity contribution is 0.565. The van der Waals surface area contributed by atoms with Crippen molar-refractivity contribution in [3.05, 3.63) is 45.5 Å². The molecule has 2 rings (SSSR count). The Morgan fingerprint density at radius 2 is 0.842 bits per heavy atom. The van der Waals surface area contributed by atoms with Gasteiger partial charge in [-0.25, -0.2) is 4.79 Å². The number of rotatable bonds is 10. The molecule has 0 saturated carbocycles. The van der Waals surface area contributed by atoms with Crippen LogP contribution in [0.2, 0.25) is 0 Å². The van der Waals surface area contributed by atoms with Crippen LogP contribution >= 0.6 is 0 Å². The number of benzene rings is 2. The van der Waals surface area contributed by atoms with Gasteiger partial charge >= 0.3 is 0 Å². The Kier molecular flexibility index (Phi) is 10.7. The summed E-state index contributed by atoms with van der Waals surface area (Å²) in [5.74, 6) is 1.30. The summed E-state index contributed by atoms with van der Waals surface area (Å²) in [5, 5.41) is 0. The fourth-order valence-electron chi connectivity index (χ4n) is 5.03. The van der Waals surface area contributed by atoms with E-state index in [4.69, 9.17) is 9.98 Å². The summed E-state index contributed by atoms with van der Waals surface area (Å²) in [5.41, 5.74) is 9.72. The highest BCUT2D eigenvalue weighted by molar-refractivity contribution is 5.77. The molecule has 0 atom stereocenters.